The molecule has 3 atom stereocenters. The van der Waals surface area contributed by atoms with Crippen LogP contribution in [0.25, 0.3) is 126 Å². The van der Waals surface area contributed by atoms with Crippen LogP contribution in [0.3, 0.4) is 0 Å². The molecule has 3 aliphatic rings. The molecule has 6 heteroatoms. The maximum Gasteiger partial charge on any atom is 0.0727 e. The van der Waals surface area contributed by atoms with Gasteiger partial charge in [-0.25, -0.2) is 0 Å². The van der Waals surface area contributed by atoms with Crippen molar-refractivity contribution in [2.24, 2.45) is 0 Å². The van der Waals surface area contributed by atoms with E-state index in [1.54, 1.807) is 34.0 Å². The summed E-state index contributed by atoms with van der Waals surface area (Å²) in [7, 11) is 0. The Hall–Kier alpha value is -17.9. The van der Waals surface area contributed by atoms with Crippen LogP contribution < -0.4 is 14.7 Å². The fourth-order valence-electron chi connectivity index (χ4n) is 23.6. The van der Waals surface area contributed by atoms with Gasteiger partial charge in [-0.3, -0.25) is 0 Å². The number of para-hydroxylation sites is 4. The highest BCUT2D eigenvalue weighted by atomic mass is 32.1. The van der Waals surface area contributed by atoms with Crippen LogP contribution in [-0.4, -0.2) is 0 Å². The first-order valence-corrected chi connectivity index (χ1v) is 51.6. The van der Waals surface area contributed by atoms with Crippen molar-refractivity contribution >= 4 is 178 Å². The summed E-state index contributed by atoms with van der Waals surface area (Å²) in [5.74, 6) is 0. The van der Waals surface area contributed by atoms with E-state index in [4.69, 9.17) is 13.7 Å². The molecule has 30 rings (SSSR count). The molecule has 147 heavy (non-hydrogen) atoms. The second kappa shape index (κ2) is 35.9. The maximum atomic E-state index is 10.0. The number of benzene rings is 24. The topological polar surface area (TPSA) is 9.72 Å². The minimum atomic E-state index is -1.33. The molecule has 0 amide bonds. The lowest BCUT2D eigenvalue weighted by atomic mass is 9.66. The Morgan fingerprint density at radius 2 is 0.517 bits per heavy atom. The fraction of sp³-hybridized carbons (Fsp3) is 0.0213. The quantitative estimate of drug-likeness (QED) is 0.101. The van der Waals surface area contributed by atoms with Gasteiger partial charge in [0, 0.05) is 112 Å². The second-order valence-electron chi connectivity index (χ2n) is 37.4. The summed E-state index contributed by atoms with van der Waals surface area (Å²) in [6, 6.07) is 153. The van der Waals surface area contributed by atoms with Crippen molar-refractivity contribution in [3.05, 3.63) is 631 Å². The normalized spacial score (nSPS) is 16.6. The third-order valence-corrected chi connectivity index (χ3v) is 33.2. The van der Waals surface area contributed by atoms with E-state index in [2.05, 4.69) is 312 Å². The van der Waals surface area contributed by atoms with E-state index in [-0.39, 0.29) is 93.9 Å². The molecule has 0 aliphatic heterocycles. The SMILES string of the molecule is [2H]c1c([2H])c([2H])c(C2(c3ccc4c(c3)sc3ccccc34)c3ccccc3-c3cc(N(c4ccccc4)c4ccc5ccccc5c4)ccc32)c([2H])c1[2H].[2H]c1c([2H])c([2H])c(C2(c3cccc4c3sc3ccccc34)c3ccccc3-c3cc(N(c4ccccc4)c4ccc5ccccc5c4)ccc32)c([2H])c1[2H].[2H]c1c([2H])c([2H])c2c([2H])c(C3(c4cccc5sc6ccccc6c45)c4ccccc4-c4cc(N(c5ccccc5)c5ccccc5)ccc43)c([2H])c([2H])c2c1[2H]. The van der Waals surface area contributed by atoms with Gasteiger partial charge in [0.1, 0.15) is 0 Å². The van der Waals surface area contributed by atoms with E-state index < -0.39 is 52.5 Å². The lowest BCUT2D eigenvalue weighted by molar-refractivity contribution is 0.770. The summed E-state index contributed by atoms with van der Waals surface area (Å²) in [5, 5.41) is 11.0. The van der Waals surface area contributed by atoms with Gasteiger partial charge < -0.3 is 14.7 Å². The highest BCUT2D eigenvalue weighted by Gasteiger charge is 2.51. The van der Waals surface area contributed by atoms with Crippen LogP contribution in [0.1, 0.15) is 90.1 Å². The zero-order valence-corrected chi connectivity index (χ0v) is 81.4. The van der Waals surface area contributed by atoms with Crippen molar-refractivity contribution < 1.29 is 23.3 Å². The Bertz CT molecular complexity index is 10900. The minimum Gasteiger partial charge on any atom is -0.310 e. The Morgan fingerprint density at radius 3 is 1.05 bits per heavy atom. The Morgan fingerprint density at radius 1 is 0.170 bits per heavy atom. The monoisotopic (exact) mass is 1940 g/mol. The average Bonchev–Trinajstić information content (AvgIpc) is 1.50. The van der Waals surface area contributed by atoms with Gasteiger partial charge in [0.05, 0.1) is 39.5 Å². The van der Waals surface area contributed by atoms with E-state index in [1.807, 2.05) is 164 Å². The second-order valence-corrected chi connectivity index (χ2v) is 40.6. The number of anilines is 9. The molecule has 690 valence electrons. The third-order valence-electron chi connectivity index (χ3n) is 29.7. The molecule has 0 fully saturated rings. The number of nitrogens with zero attached hydrogens (tertiary/aromatic N) is 3. The van der Waals surface area contributed by atoms with Crippen molar-refractivity contribution in [3.8, 4) is 33.4 Å². The zero-order valence-electron chi connectivity index (χ0n) is 95.9. The van der Waals surface area contributed by atoms with Crippen LogP contribution >= 0.6 is 34.0 Å². The van der Waals surface area contributed by atoms with Crippen LogP contribution in [0, 0.1) is 0 Å². The molecular formula is C141H93N3S3. The summed E-state index contributed by atoms with van der Waals surface area (Å²) in [6.07, 6.45) is 0. The smallest absolute Gasteiger partial charge is 0.0727 e. The zero-order chi connectivity index (χ0) is 112. The highest BCUT2D eigenvalue weighted by molar-refractivity contribution is 7.26. The van der Waals surface area contributed by atoms with E-state index >= 15 is 0 Å². The molecule has 3 heterocycles. The van der Waals surface area contributed by atoms with E-state index in [0.29, 0.717) is 0 Å². The first-order chi connectivity index (χ1) is 80.0. The van der Waals surface area contributed by atoms with E-state index in [9.17, 15) is 9.60 Å². The van der Waals surface area contributed by atoms with E-state index in [0.717, 1.165) is 207 Å². The predicted octanol–water partition coefficient (Wildman–Crippen LogP) is 39.1. The van der Waals surface area contributed by atoms with Gasteiger partial charge in [-0.15, -0.1) is 34.0 Å². The molecule has 3 nitrogen and oxygen atoms in total. The van der Waals surface area contributed by atoms with Crippen LogP contribution in [-0.2, 0) is 16.2 Å². The average molecular weight is 1940 g/mol. The van der Waals surface area contributed by atoms with Gasteiger partial charge in [-0.2, -0.15) is 0 Å². The lowest BCUT2D eigenvalue weighted by Gasteiger charge is -2.35. The van der Waals surface area contributed by atoms with Gasteiger partial charge >= 0.3 is 0 Å². The molecule has 3 aromatic heterocycles. The number of hydrogen-bond acceptors (Lipinski definition) is 6. The lowest BCUT2D eigenvalue weighted by Crippen LogP contribution is -2.29. The molecule has 0 N–H and O–H groups in total. The first-order valence-electron chi connectivity index (χ1n) is 57.7. The number of hydrogen-bond donors (Lipinski definition) is 0. The van der Waals surface area contributed by atoms with Crippen molar-refractivity contribution in [3.63, 3.8) is 0 Å². The number of fused-ring (bicyclic) bond motifs is 21. The largest absolute Gasteiger partial charge is 0.310 e. The van der Waals surface area contributed by atoms with Crippen LogP contribution in [0.5, 0.6) is 0 Å². The Kier molecular flexibility index (Phi) is 17.3. The molecule has 0 bridgehead atoms. The molecule has 24 aromatic carbocycles. The Balaban J connectivity index is 0.000000115. The van der Waals surface area contributed by atoms with Gasteiger partial charge in [-0.1, -0.05) is 418 Å². The molecule has 27 aromatic rings. The summed E-state index contributed by atoms with van der Waals surface area (Å²) in [4.78, 5) is 6.71. The first kappa shape index (κ1) is 70.7. The van der Waals surface area contributed by atoms with Crippen LogP contribution in [0.15, 0.2) is 564 Å². The van der Waals surface area contributed by atoms with E-state index in [1.165, 1.54) is 10.1 Å². The third kappa shape index (κ3) is 14.1. The molecule has 0 saturated carbocycles. The summed E-state index contributed by atoms with van der Waals surface area (Å²) in [6.45, 7) is 0. The van der Waals surface area contributed by atoms with Crippen molar-refractivity contribution in [2.75, 3.05) is 14.7 Å². The minimum absolute atomic E-state index is 0.0596. The number of rotatable bonds is 15. The van der Waals surface area contributed by atoms with Crippen LogP contribution in [0.4, 0.5) is 51.2 Å². The summed E-state index contributed by atoms with van der Waals surface area (Å²) < 4.78 is 161. The fourth-order valence-corrected chi connectivity index (χ4v) is 27.1. The molecule has 0 saturated heterocycles. The van der Waals surface area contributed by atoms with Crippen molar-refractivity contribution in [1.29, 1.82) is 0 Å². The molecule has 3 aliphatic carbocycles. The Labute approximate surface area is 890 Å². The molecule has 3 unspecified atom stereocenters. The maximum absolute atomic E-state index is 10.0. The summed E-state index contributed by atoms with van der Waals surface area (Å²) in [5.41, 5.74) is 19.2. The van der Waals surface area contributed by atoms with Gasteiger partial charge in [-0.05, 0) is 278 Å². The van der Waals surface area contributed by atoms with Crippen molar-refractivity contribution in [2.45, 2.75) is 16.2 Å². The summed E-state index contributed by atoms with van der Waals surface area (Å²) >= 11 is 5.07. The van der Waals surface area contributed by atoms with Crippen molar-refractivity contribution in [1.82, 2.24) is 0 Å². The van der Waals surface area contributed by atoms with Gasteiger partial charge in [0.15, 0.2) is 0 Å². The van der Waals surface area contributed by atoms with Crippen LogP contribution in [0.2, 0.25) is 0 Å². The molecule has 0 radical (unpaired) electrons. The predicted molar refractivity (Wildman–Crippen MR) is 626 cm³/mol. The molecule has 0 spiro atoms. The highest BCUT2D eigenvalue weighted by Crippen LogP contribution is 2.64. The molecular weight excluding hydrogens is 1830 g/mol. The van der Waals surface area contributed by atoms with Gasteiger partial charge in [0.25, 0.3) is 0 Å². The standard InChI is InChI=1S/3C47H31NS/c1-3-16-34(17-4-1)47(44-24-13-22-40-39-21-10-12-25-45(39)49-46(40)44)42-23-11-9-20-38(42)41-31-37(28-29-43(41)47)48(35-18-5-2-6-19-35)36-27-26-32-14-7-8-15-33(32)30-36;1-3-16-35(17-4-1)48(36-18-5-2-6-19-36)37-28-29-42-40(31-37)38-20-9-11-22-41(38)47(42,34-27-26-32-14-7-8-15-33(32)30-34)43-23-13-25-45-46(43)39-21-10-12-24-44(39)49-45;1-3-15-34(16-4-1)47(35-24-27-41-40-20-10-12-22-45(40)49-46(41)30-35)43-21-11-9-19-39(43)42-31-38(26-28-44(42)47)48(36-17-5-2-6-18-36)37-25-23-32-13-7-8-14-33(32)29-37/h3*1-31H/i1D,3D,4D,16D,17D;7D,8D,14D,15D,26D,27D,30D;1D,3D,4D,15D,16D. The number of thiophene rings is 3. The van der Waals surface area contributed by atoms with Gasteiger partial charge in [0.2, 0.25) is 0 Å².